The van der Waals surface area contributed by atoms with Crippen LogP contribution in [0.4, 0.5) is 0 Å². The topological polar surface area (TPSA) is 55.8 Å². The lowest BCUT2D eigenvalue weighted by Gasteiger charge is -2.08. The van der Waals surface area contributed by atoms with E-state index in [2.05, 4.69) is 0 Å². The summed E-state index contributed by atoms with van der Waals surface area (Å²) in [7, 11) is 1.43. The van der Waals surface area contributed by atoms with Crippen molar-refractivity contribution >= 4 is 5.97 Å². The summed E-state index contributed by atoms with van der Waals surface area (Å²) >= 11 is 0. The van der Waals surface area contributed by atoms with Gasteiger partial charge in [-0.2, -0.15) is 0 Å². The van der Waals surface area contributed by atoms with Gasteiger partial charge in [0, 0.05) is 0 Å². The van der Waals surface area contributed by atoms with Crippen molar-refractivity contribution in [2.75, 3.05) is 13.7 Å². The number of ether oxygens (including phenoxy) is 2. The first kappa shape index (κ1) is 12.4. The Kier molecular flexibility index (Phi) is 4.64. The van der Waals surface area contributed by atoms with Crippen molar-refractivity contribution in [2.45, 2.75) is 19.8 Å². The summed E-state index contributed by atoms with van der Waals surface area (Å²) in [5.74, 6) is -0.429. The van der Waals surface area contributed by atoms with Gasteiger partial charge in [-0.15, -0.1) is 0 Å². The highest BCUT2D eigenvalue weighted by atomic mass is 16.5. The lowest BCUT2D eigenvalue weighted by molar-refractivity contribution is 0.0496. The molecule has 1 N–H and O–H groups in total. The van der Waals surface area contributed by atoms with E-state index in [4.69, 9.17) is 9.47 Å². The number of hydrogen-bond acceptors (Lipinski definition) is 4. The van der Waals surface area contributed by atoms with E-state index in [9.17, 15) is 9.90 Å². The monoisotopic (exact) mass is 224 g/mol. The van der Waals surface area contributed by atoms with Crippen molar-refractivity contribution in [1.82, 2.24) is 0 Å². The second kappa shape index (κ2) is 6.00. The zero-order valence-corrected chi connectivity index (χ0v) is 9.53. The van der Waals surface area contributed by atoms with E-state index in [-0.39, 0.29) is 17.1 Å². The molecule has 0 heterocycles. The number of rotatable bonds is 5. The minimum atomic E-state index is -0.523. The molecule has 0 amide bonds. The fourth-order valence-corrected chi connectivity index (χ4v) is 1.24. The SMILES string of the molecule is CCCCOC(=O)c1cccc(OC)c1O. The highest BCUT2D eigenvalue weighted by molar-refractivity contribution is 5.93. The van der Waals surface area contributed by atoms with E-state index in [1.54, 1.807) is 12.1 Å². The molecule has 16 heavy (non-hydrogen) atoms. The molecule has 0 unspecified atom stereocenters. The fraction of sp³-hybridized carbons (Fsp3) is 0.417. The van der Waals surface area contributed by atoms with Crippen molar-refractivity contribution in [1.29, 1.82) is 0 Å². The molecule has 88 valence electrons. The first-order valence-corrected chi connectivity index (χ1v) is 5.23. The summed E-state index contributed by atoms with van der Waals surface area (Å²) in [6, 6.07) is 4.72. The van der Waals surface area contributed by atoms with Gasteiger partial charge in [0.1, 0.15) is 5.56 Å². The minimum absolute atomic E-state index is 0.135. The third-order valence-electron chi connectivity index (χ3n) is 2.17. The molecule has 1 rings (SSSR count). The Morgan fingerprint density at radius 2 is 2.19 bits per heavy atom. The molecular weight excluding hydrogens is 208 g/mol. The quantitative estimate of drug-likeness (QED) is 0.616. The number of benzene rings is 1. The van der Waals surface area contributed by atoms with Crippen LogP contribution >= 0.6 is 0 Å². The van der Waals surface area contributed by atoms with E-state index in [0.29, 0.717) is 6.61 Å². The molecule has 0 aliphatic heterocycles. The summed E-state index contributed by atoms with van der Waals surface area (Å²) < 4.78 is 9.90. The van der Waals surface area contributed by atoms with Crippen LogP contribution in [0.15, 0.2) is 18.2 Å². The Bertz CT molecular complexity index is 360. The van der Waals surface area contributed by atoms with Crippen LogP contribution in [-0.2, 0) is 4.74 Å². The number of phenolic OH excluding ortho intramolecular Hbond substituents is 1. The summed E-state index contributed by atoms with van der Waals surface area (Å²) in [5, 5.41) is 9.69. The number of carbonyl (C=O) groups excluding carboxylic acids is 1. The molecule has 0 bridgehead atoms. The smallest absolute Gasteiger partial charge is 0.342 e. The highest BCUT2D eigenvalue weighted by Crippen LogP contribution is 2.29. The molecule has 0 aliphatic rings. The molecule has 0 spiro atoms. The number of unbranched alkanes of at least 4 members (excludes halogenated alkanes) is 1. The van der Waals surface area contributed by atoms with Crippen molar-refractivity contribution in [3.05, 3.63) is 23.8 Å². The van der Waals surface area contributed by atoms with E-state index in [1.807, 2.05) is 6.92 Å². The van der Waals surface area contributed by atoms with Crippen molar-refractivity contribution < 1.29 is 19.4 Å². The van der Waals surface area contributed by atoms with E-state index < -0.39 is 5.97 Å². The molecule has 0 saturated heterocycles. The number of carbonyl (C=O) groups is 1. The lowest BCUT2D eigenvalue weighted by atomic mass is 10.2. The number of hydrogen-bond donors (Lipinski definition) is 1. The number of esters is 1. The minimum Gasteiger partial charge on any atom is -0.504 e. The van der Waals surface area contributed by atoms with Crippen LogP contribution in [0.5, 0.6) is 11.5 Å². The average Bonchev–Trinajstić information content (AvgIpc) is 2.29. The Hall–Kier alpha value is -1.71. The second-order valence-electron chi connectivity index (χ2n) is 3.35. The van der Waals surface area contributed by atoms with Crippen LogP contribution in [0.1, 0.15) is 30.1 Å². The number of methoxy groups -OCH3 is 1. The highest BCUT2D eigenvalue weighted by Gasteiger charge is 2.15. The second-order valence-corrected chi connectivity index (χ2v) is 3.35. The number of phenols is 1. The Morgan fingerprint density at radius 1 is 1.44 bits per heavy atom. The molecule has 4 heteroatoms. The van der Waals surface area contributed by atoms with Gasteiger partial charge in [-0.3, -0.25) is 0 Å². The predicted molar refractivity (Wildman–Crippen MR) is 59.8 cm³/mol. The molecule has 1 aromatic carbocycles. The summed E-state index contributed by atoms with van der Waals surface area (Å²) in [6.07, 6.45) is 1.77. The van der Waals surface area contributed by atoms with Crippen LogP contribution in [0.2, 0.25) is 0 Å². The van der Waals surface area contributed by atoms with Gasteiger partial charge in [0.15, 0.2) is 11.5 Å². The summed E-state index contributed by atoms with van der Waals surface area (Å²) in [6.45, 7) is 2.38. The first-order valence-electron chi connectivity index (χ1n) is 5.23. The van der Waals surface area contributed by atoms with E-state index in [0.717, 1.165) is 12.8 Å². The third-order valence-corrected chi connectivity index (χ3v) is 2.17. The molecule has 0 aromatic heterocycles. The van der Waals surface area contributed by atoms with Crippen molar-refractivity contribution in [3.8, 4) is 11.5 Å². The largest absolute Gasteiger partial charge is 0.504 e. The number of aromatic hydroxyl groups is 1. The van der Waals surface area contributed by atoms with Gasteiger partial charge < -0.3 is 14.6 Å². The predicted octanol–water partition coefficient (Wildman–Crippen LogP) is 2.36. The molecule has 4 nitrogen and oxygen atoms in total. The van der Waals surface area contributed by atoms with Crippen LogP contribution in [0.25, 0.3) is 0 Å². The molecule has 0 fully saturated rings. The van der Waals surface area contributed by atoms with Gasteiger partial charge in [-0.25, -0.2) is 4.79 Å². The molecule has 0 radical (unpaired) electrons. The van der Waals surface area contributed by atoms with Gasteiger partial charge >= 0.3 is 5.97 Å². The third kappa shape index (κ3) is 2.89. The Labute approximate surface area is 94.8 Å². The molecule has 0 atom stereocenters. The maximum Gasteiger partial charge on any atom is 0.342 e. The molecular formula is C12H16O4. The van der Waals surface area contributed by atoms with Crippen molar-refractivity contribution in [2.24, 2.45) is 0 Å². The van der Waals surface area contributed by atoms with E-state index in [1.165, 1.54) is 13.2 Å². The summed E-state index contributed by atoms with van der Waals surface area (Å²) in [5.41, 5.74) is 0.135. The number of para-hydroxylation sites is 1. The van der Waals surface area contributed by atoms with E-state index >= 15 is 0 Å². The van der Waals surface area contributed by atoms with Crippen LogP contribution in [0.3, 0.4) is 0 Å². The normalized spacial score (nSPS) is 9.88. The Morgan fingerprint density at radius 3 is 2.81 bits per heavy atom. The molecule has 1 aromatic rings. The van der Waals surface area contributed by atoms with Gasteiger partial charge in [-0.05, 0) is 18.6 Å². The van der Waals surface area contributed by atoms with Crippen LogP contribution in [0, 0.1) is 0 Å². The van der Waals surface area contributed by atoms with Crippen LogP contribution in [-0.4, -0.2) is 24.8 Å². The zero-order valence-electron chi connectivity index (χ0n) is 9.53. The zero-order chi connectivity index (χ0) is 12.0. The van der Waals surface area contributed by atoms with Gasteiger partial charge in [0.25, 0.3) is 0 Å². The maximum atomic E-state index is 11.6. The van der Waals surface area contributed by atoms with Crippen molar-refractivity contribution in [3.63, 3.8) is 0 Å². The maximum absolute atomic E-state index is 11.6. The lowest BCUT2D eigenvalue weighted by Crippen LogP contribution is -2.06. The van der Waals surface area contributed by atoms with Crippen LogP contribution < -0.4 is 4.74 Å². The first-order chi connectivity index (χ1) is 7.70. The van der Waals surface area contributed by atoms with Gasteiger partial charge in [0.2, 0.25) is 0 Å². The van der Waals surface area contributed by atoms with Gasteiger partial charge in [0.05, 0.1) is 13.7 Å². The van der Waals surface area contributed by atoms with Gasteiger partial charge in [-0.1, -0.05) is 19.4 Å². The standard InChI is InChI=1S/C12H16O4/c1-3-4-8-16-12(14)9-6-5-7-10(15-2)11(9)13/h5-7,13H,3-4,8H2,1-2H3. The molecule has 0 aliphatic carbocycles. The molecule has 0 saturated carbocycles. The average molecular weight is 224 g/mol. The Balaban J connectivity index is 2.75. The summed E-state index contributed by atoms with van der Waals surface area (Å²) in [4.78, 5) is 11.6. The fourth-order valence-electron chi connectivity index (χ4n) is 1.24.